The molecule has 1 N–H and O–H groups in total. The Morgan fingerprint density at radius 1 is 1.35 bits per heavy atom. The summed E-state index contributed by atoms with van der Waals surface area (Å²) in [6, 6.07) is 7.26. The predicted octanol–water partition coefficient (Wildman–Crippen LogP) is 4.06. The van der Waals surface area contributed by atoms with E-state index in [0.717, 1.165) is 24.4 Å². The van der Waals surface area contributed by atoms with Crippen molar-refractivity contribution in [2.75, 3.05) is 6.54 Å². The Bertz CT molecular complexity index is 345. The fourth-order valence-electron chi connectivity index (χ4n) is 2.74. The maximum atomic E-state index is 13.2. The second-order valence-electron chi connectivity index (χ2n) is 5.07. The Morgan fingerprint density at radius 3 is 2.76 bits per heavy atom. The van der Waals surface area contributed by atoms with Crippen LogP contribution in [0.15, 0.2) is 24.3 Å². The number of rotatable bonds is 5. The van der Waals surface area contributed by atoms with Crippen molar-refractivity contribution in [2.24, 2.45) is 5.92 Å². The molecular weight excluding hydrogens is 213 g/mol. The first kappa shape index (κ1) is 12.6. The largest absolute Gasteiger partial charge is 0.310 e. The van der Waals surface area contributed by atoms with Crippen LogP contribution in [-0.4, -0.2) is 6.54 Å². The molecule has 1 saturated carbocycles. The summed E-state index contributed by atoms with van der Waals surface area (Å²) in [5.74, 6) is 0.696. The molecule has 1 fully saturated rings. The maximum absolute atomic E-state index is 13.2. The summed E-state index contributed by atoms with van der Waals surface area (Å²) in [5, 5.41) is 3.59. The Morgan fingerprint density at radius 2 is 2.12 bits per heavy atom. The zero-order valence-electron chi connectivity index (χ0n) is 10.6. The molecule has 0 aromatic heterocycles. The highest BCUT2D eigenvalue weighted by atomic mass is 19.1. The minimum atomic E-state index is -0.136. The summed E-state index contributed by atoms with van der Waals surface area (Å²) in [4.78, 5) is 0. The Labute approximate surface area is 103 Å². The second kappa shape index (κ2) is 6.15. The molecule has 1 atom stereocenters. The van der Waals surface area contributed by atoms with Crippen molar-refractivity contribution in [2.45, 2.75) is 45.1 Å². The molecule has 0 aliphatic heterocycles. The van der Waals surface area contributed by atoms with Gasteiger partial charge < -0.3 is 5.32 Å². The smallest absolute Gasteiger partial charge is 0.123 e. The van der Waals surface area contributed by atoms with Crippen LogP contribution >= 0.6 is 0 Å². The van der Waals surface area contributed by atoms with Crippen LogP contribution < -0.4 is 5.32 Å². The molecule has 17 heavy (non-hydrogen) atoms. The zero-order valence-corrected chi connectivity index (χ0v) is 10.6. The molecule has 0 radical (unpaired) electrons. The van der Waals surface area contributed by atoms with E-state index in [4.69, 9.17) is 0 Å². The lowest BCUT2D eigenvalue weighted by atomic mass is 10.0. The SMILES string of the molecule is CCC(NCC1CCCC1)c1cccc(F)c1. The van der Waals surface area contributed by atoms with Crippen LogP contribution in [0.4, 0.5) is 4.39 Å². The molecule has 0 spiro atoms. The van der Waals surface area contributed by atoms with Crippen molar-refractivity contribution in [1.29, 1.82) is 0 Å². The highest BCUT2D eigenvalue weighted by molar-refractivity contribution is 5.20. The summed E-state index contributed by atoms with van der Waals surface area (Å²) in [7, 11) is 0. The van der Waals surface area contributed by atoms with E-state index in [-0.39, 0.29) is 5.82 Å². The van der Waals surface area contributed by atoms with Crippen LogP contribution in [0.25, 0.3) is 0 Å². The molecule has 1 unspecified atom stereocenters. The van der Waals surface area contributed by atoms with Gasteiger partial charge in [-0.15, -0.1) is 0 Å². The lowest BCUT2D eigenvalue weighted by Gasteiger charge is -2.20. The Balaban J connectivity index is 1.91. The van der Waals surface area contributed by atoms with Crippen molar-refractivity contribution in [3.05, 3.63) is 35.6 Å². The molecule has 0 saturated heterocycles. The number of nitrogens with one attached hydrogen (secondary N) is 1. The average Bonchev–Trinajstić information content (AvgIpc) is 2.83. The highest BCUT2D eigenvalue weighted by Gasteiger charge is 2.17. The van der Waals surface area contributed by atoms with Gasteiger partial charge in [0.15, 0.2) is 0 Å². The third-order valence-corrected chi connectivity index (χ3v) is 3.79. The normalized spacial score (nSPS) is 18.5. The van der Waals surface area contributed by atoms with Gasteiger partial charge >= 0.3 is 0 Å². The Hall–Kier alpha value is -0.890. The van der Waals surface area contributed by atoms with Crippen molar-refractivity contribution >= 4 is 0 Å². The van der Waals surface area contributed by atoms with Gasteiger partial charge in [-0.25, -0.2) is 4.39 Å². The van der Waals surface area contributed by atoms with Crippen molar-refractivity contribution in [3.63, 3.8) is 0 Å². The van der Waals surface area contributed by atoms with Gasteiger partial charge in [-0.3, -0.25) is 0 Å². The topological polar surface area (TPSA) is 12.0 Å². The lowest BCUT2D eigenvalue weighted by Crippen LogP contribution is -2.26. The molecule has 2 heteroatoms. The van der Waals surface area contributed by atoms with Crippen LogP contribution in [0.3, 0.4) is 0 Å². The van der Waals surface area contributed by atoms with Gasteiger partial charge in [0, 0.05) is 6.04 Å². The number of hydrogen-bond donors (Lipinski definition) is 1. The Kier molecular flexibility index (Phi) is 4.55. The minimum Gasteiger partial charge on any atom is -0.310 e. The van der Waals surface area contributed by atoms with Crippen LogP contribution in [0, 0.1) is 11.7 Å². The summed E-state index contributed by atoms with van der Waals surface area (Å²) in [6.07, 6.45) is 6.47. The van der Waals surface area contributed by atoms with E-state index < -0.39 is 0 Å². The van der Waals surface area contributed by atoms with Gasteiger partial charge in [0.25, 0.3) is 0 Å². The predicted molar refractivity (Wildman–Crippen MR) is 69.4 cm³/mol. The van der Waals surface area contributed by atoms with E-state index in [9.17, 15) is 4.39 Å². The summed E-state index contributed by atoms with van der Waals surface area (Å²) in [6.45, 7) is 3.23. The van der Waals surface area contributed by atoms with Gasteiger partial charge in [-0.2, -0.15) is 0 Å². The van der Waals surface area contributed by atoms with E-state index >= 15 is 0 Å². The van der Waals surface area contributed by atoms with Gasteiger partial charge in [-0.1, -0.05) is 31.9 Å². The number of hydrogen-bond acceptors (Lipinski definition) is 1. The average molecular weight is 235 g/mol. The van der Waals surface area contributed by atoms with Gasteiger partial charge in [0.1, 0.15) is 5.82 Å². The molecular formula is C15H22FN. The zero-order chi connectivity index (χ0) is 12.1. The van der Waals surface area contributed by atoms with Crippen LogP contribution in [0.2, 0.25) is 0 Å². The van der Waals surface area contributed by atoms with E-state index in [2.05, 4.69) is 12.2 Å². The highest BCUT2D eigenvalue weighted by Crippen LogP contribution is 2.25. The van der Waals surface area contributed by atoms with Crippen LogP contribution in [0.5, 0.6) is 0 Å². The summed E-state index contributed by atoms with van der Waals surface area (Å²) >= 11 is 0. The molecule has 2 rings (SSSR count). The fraction of sp³-hybridized carbons (Fsp3) is 0.600. The lowest BCUT2D eigenvalue weighted by molar-refractivity contribution is 0.430. The van der Waals surface area contributed by atoms with Crippen LogP contribution in [0.1, 0.15) is 50.6 Å². The standard InChI is InChI=1S/C15H22FN/c1-2-15(13-8-5-9-14(16)10-13)17-11-12-6-3-4-7-12/h5,8-10,12,15,17H,2-4,6-7,11H2,1H3. The molecule has 1 aliphatic rings. The molecule has 0 heterocycles. The van der Waals surface area contributed by atoms with Gasteiger partial charge in [0.2, 0.25) is 0 Å². The van der Waals surface area contributed by atoms with E-state index in [1.165, 1.54) is 31.7 Å². The quantitative estimate of drug-likeness (QED) is 0.811. The summed E-state index contributed by atoms with van der Waals surface area (Å²) in [5.41, 5.74) is 1.07. The summed E-state index contributed by atoms with van der Waals surface area (Å²) < 4.78 is 13.2. The van der Waals surface area contributed by atoms with Crippen molar-refractivity contribution in [1.82, 2.24) is 5.32 Å². The first-order valence-electron chi connectivity index (χ1n) is 6.78. The monoisotopic (exact) mass is 235 g/mol. The van der Waals surface area contributed by atoms with Gasteiger partial charge in [-0.05, 0) is 49.4 Å². The van der Waals surface area contributed by atoms with Crippen LogP contribution in [-0.2, 0) is 0 Å². The van der Waals surface area contributed by atoms with E-state index in [0.29, 0.717) is 6.04 Å². The van der Waals surface area contributed by atoms with Gasteiger partial charge in [0.05, 0.1) is 0 Å². The van der Waals surface area contributed by atoms with E-state index in [1.807, 2.05) is 6.07 Å². The number of benzene rings is 1. The first-order valence-corrected chi connectivity index (χ1v) is 6.78. The van der Waals surface area contributed by atoms with Crippen molar-refractivity contribution < 1.29 is 4.39 Å². The third-order valence-electron chi connectivity index (χ3n) is 3.79. The molecule has 1 aromatic carbocycles. The molecule has 1 aliphatic carbocycles. The van der Waals surface area contributed by atoms with E-state index in [1.54, 1.807) is 12.1 Å². The first-order chi connectivity index (χ1) is 8.29. The maximum Gasteiger partial charge on any atom is 0.123 e. The molecule has 94 valence electrons. The minimum absolute atomic E-state index is 0.136. The number of halogens is 1. The molecule has 0 amide bonds. The molecule has 1 aromatic rings. The second-order valence-corrected chi connectivity index (χ2v) is 5.07. The van der Waals surface area contributed by atoms with Crippen molar-refractivity contribution in [3.8, 4) is 0 Å². The molecule has 1 nitrogen and oxygen atoms in total. The fourth-order valence-corrected chi connectivity index (χ4v) is 2.74. The molecule has 0 bridgehead atoms. The third kappa shape index (κ3) is 3.53.